The Labute approximate surface area is 204 Å². The van der Waals surface area contributed by atoms with Gasteiger partial charge in [0.1, 0.15) is 0 Å². The van der Waals surface area contributed by atoms with Crippen LogP contribution in [0.5, 0.6) is 0 Å². The molecule has 0 bridgehead atoms. The molecule has 0 saturated heterocycles. The molecule has 4 rings (SSSR count). The Bertz CT molecular complexity index is 1390. The van der Waals surface area contributed by atoms with Crippen molar-refractivity contribution in [3.8, 4) is 5.69 Å². The first-order valence-electron chi connectivity index (χ1n) is 11.5. The normalized spacial score (nSPS) is 11.1. The van der Waals surface area contributed by atoms with Gasteiger partial charge in [0.05, 0.1) is 16.6 Å². The molecule has 3 aromatic carbocycles. The number of aromatic nitrogens is 2. The Morgan fingerprint density at radius 1 is 0.941 bits per heavy atom. The molecule has 4 aromatic rings. The number of hydrogen-bond donors (Lipinski definition) is 1. The number of carbonyl (C=O) groups excluding carboxylic acids is 1. The lowest BCUT2D eigenvalue weighted by Gasteiger charge is -2.15. The molecule has 0 spiro atoms. The molecule has 0 radical (unpaired) electrons. The average Bonchev–Trinajstić information content (AvgIpc) is 2.81. The molecule has 0 aliphatic carbocycles. The van der Waals surface area contributed by atoms with Crippen molar-refractivity contribution in [2.24, 2.45) is 0 Å². The predicted molar refractivity (Wildman–Crippen MR) is 140 cm³/mol. The summed E-state index contributed by atoms with van der Waals surface area (Å²) in [6, 6.07) is 19.6. The van der Waals surface area contributed by atoms with Crippen molar-refractivity contribution >= 4 is 28.6 Å². The monoisotopic (exact) mass is 471 g/mol. The van der Waals surface area contributed by atoms with E-state index in [0.717, 1.165) is 28.8 Å². The van der Waals surface area contributed by atoms with E-state index in [9.17, 15) is 9.59 Å². The number of nitrogens with zero attached hydrogens (tertiary/aromatic N) is 2. The third-order valence-electron chi connectivity index (χ3n) is 5.59. The highest BCUT2D eigenvalue weighted by molar-refractivity contribution is 7.98. The van der Waals surface area contributed by atoms with Crippen molar-refractivity contribution < 1.29 is 4.79 Å². The van der Waals surface area contributed by atoms with Crippen molar-refractivity contribution in [2.75, 3.05) is 6.54 Å². The fourth-order valence-electron chi connectivity index (χ4n) is 3.88. The molecular weight excluding hydrogens is 442 g/mol. The number of fused-ring (bicyclic) bond motifs is 1. The van der Waals surface area contributed by atoms with E-state index in [2.05, 4.69) is 42.6 Å². The van der Waals surface area contributed by atoms with Crippen molar-refractivity contribution in [1.82, 2.24) is 14.9 Å². The van der Waals surface area contributed by atoms with Crippen LogP contribution in [0.3, 0.4) is 0 Å². The van der Waals surface area contributed by atoms with E-state index >= 15 is 0 Å². The molecule has 0 aliphatic heterocycles. The number of thioether (sulfide) groups is 1. The van der Waals surface area contributed by atoms with Crippen LogP contribution in [0, 0.1) is 20.8 Å². The smallest absolute Gasteiger partial charge is 0.266 e. The highest BCUT2D eigenvalue weighted by atomic mass is 32.2. The lowest BCUT2D eigenvalue weighted by Crippen LogP contribution is -2.25. The summed E-state index contributed by atoms with van der Waals surface area (Å²) in [5.41, 5.74) is 6.23. The van der Waals surface area contributed by atoms with Crippen LogP contribution in [0.2, 0.25) is 0 Å². The number of aryl methyl sites for hydroxylation is 3. The SMILES string of the molecule is CCCNC(=O)c1ccc2c(=O)n(-c3cc(C)cc(C)c3)c(SCc3ccc(C)cc3)nc2c1. The second-order valence-corrected chi connectivity index (χ2v) is 9.59. The molecular formula is C28H29N3O2S. The van der Waals surface area contributed by atoms with Gasteiger partial charge in [-0.1, -0.05) is 54.6 Å². The molecule has 6 heteroatoms. The summed E-state index contributed by atoms with van der Waals surface area (Å²) in [7, 11) is 0. The van der Waals surface area contributed by atoms with Gasteiger partial charge < -0.3 is 5.32 Å². The fraction of sp³-hybridized carbons (Fsp3) is 0.250. The predicted octanol–water partition coefficient (Wildman–Crippen LogP) is 5.74. The van der Waals surface area contributed by atoms with Gasteiger partial charge in [-0.25, -0.2) is 4.98 Å². The average molecular weight is 472 g/mol. The molecule has 0 saturated carbocycles. The zero-order valence-electron chi connectivity index (χ0n) is 20.0. The van der Waals surface area contributed by atoms with Gasteiger partial charge in [0, 0.05) is 17.9 Å². The molecule has 0 fully saturated rings. The van der Waals surface area contributed by atoms with E-state index in [4.69, 9.17) is 4.98 Å². The first-order valence-corrected chi connectivity index (χ1v) is 12.5. The Hall–Kier alpha value is -3.38. The van der Waals surface area contributed by atoms with Gasteiger partial charge in [0.15, 0.2) is 5.16 Å². The molecule has 1 amide bonds. The summed E-state index contributed by atoms with van der Waals surface area (Å²) in [5, 5.41) is 3.99. The lowest BCUT2D eigenvalue weighted by atomic mass is 10.1. The van der Waals surface area contributed by atoms with Crippen molar-refractivity contribution in [3.63, 3.8) is 0 Å². The minimum Gasteiger partial charge on any atom is -0.352 e. The van der Waals surface area contributed by atoms with Crippen LogP contribution >= 0.6 is 11.8 Å². The van der Waals surface area contributed by atoms with Crippen LogP contribution in [0.25, 0.3) is 16.6 Å². The maximum atomic E-state index is 13.7. The number of benzene rings is 3. The molecule has 1 aromatic heterocycles. The van der Waals surface area contributed by atoms with Gasteiger partial charge in [-0.05, 0) is 74.2 Å². The maximum absolute atomic E-state index is 13.7. The Kier molecular flexibility index (Phi) is 7.17. The molecule has 0 atom stereocenters. The number of nitrogens with one attached hydrogen (secondary N) is 1. The van der Waals surface area contributed by atoms with E-state index in [1.807, 2.05) is 32.9 Å². The minimum atomic E-state index is -0.155. The van der Waals surface area contributed by atoms with Gasteiger partial charge in [-0.2, -0.15) is 0 Å². The molecule has 34 heavy (non-hydrogen) atoms. The molecule has 174 valence electrons. The third kappa shape index (κ3) is 5.23. The Morgan fingerprint density at radius 3 is 2.32 bits per heavy atom. The van der Waals surface area contributed by atoms with Gasteiger partial charge in [0.25, 0.3) is 11.5 Å². The van der Waals surface area contributed by atoms with Gasteiger partial charge >= 0.3 is 0 Å². The number of amides is 1. The summed E-state index contributed by atoms with van der Waals surface area (Å²) in [5.74, 6) is 0.526. The summed E-state index contributed by atoms with van der Waals surface area (Å²) in [4.78, 5) is 31.1. The van der Waals surface area contributed by atoms with Crippen LogP contribution in [0.15, 0.2) is 70.6 Å². The second-order valence-electron chi connectivity index (χ2n) is 8.64. The number of carbonyl (C=O) groups is 1. The van der Waals surface area contributed by atoms with Gasteiger partial charge in [-0.15, -0.1) is 0 Å². The topological polar surface area (TPSA) is 64.0 Å². The van der Waals surface area contributed by atoms with E-state index in [1.165, 1.54) is 17.3 Å². The summed E-state index contributed by atoms with van der Waals surface area (Å²) < 4.78 is 1.69. The van der Waals surface area contributed by atoms with Crippen molar-refractivity contribution in [2.45, 2.75) is 45.0 Å². The van der Waals surface area contributed by atoms with Crippen molar-refractivity contribution in [1.29, 1.82) is 0 Å². The van der Waals surface area contributed by atoms with Crippen LogP contribution in [0.4, 0.5) is 0 Å². The van der Waals surface area contributed by atoms with Crippen LogP contribution in [-0.4, -0.2) is 22.0 Å². The lowest BCUT2D eigenvalue weighted by molar-refractivity contribution is 0.0954. The van der Waals surface area contributed by atoms with Crippen LogP contribution in [-0.2, 0) is 5.75 Å². The largest absolute Gasteiger partial charge is 0.352 e. The first kappa shape index (κ1) is 23.8. The van der Waals surface area contributed by atoms with Gasteiger partial charge in [0.2, 0.25) is 0 Å². The van der Waals surface area contributed by atoms with E-state index in [1.54, 1.807) is 22.8 Å². The maximum Gasteiger partial charge on any atom is 0.266 e. The first-order chi connectivity index (χ1) is 16.4. The fourth-order valence-corrected chi connectivity index (χ4v) is 4.85. The highest BCUT2D eigenvalue weighted by Gasteiger charge is 2.16. The quantitative estimate of drug-likeness (QED) is 0.276. The van der Waals surface area contributed by atoms with Gasteiger partial charge in [-0.3, -0.25) is 14.2 Å². The minimum absolute atomic E-state index is 0.137. The second kappa shape index (κ2) is 10.3. The number of hydrogen-bond acceptors (Lipinski definition) is 4. The summed E-state index contributed by atoms with van der Waals surface area (Å²) in [6.45, 7) is 8.73. The molecule has 1 N–H and O–H groups in total. The molecule has 1 heterocycles. The van der Waals surface area contributed by atoms with E-state index < -0.39 is 0 Å². The van der Waals surface area contributed by atoms with E-state index in [0.29, 0.717) is 33.9 Å². The molecule has 0 unspecified atom stereocenters. The Balaban J connectivity index is 1.83. The zero-order valence-corrected chi connectivity index (χ0v) is 20.8. The summed E-state index contributed by atoms with van der Waals surface area (Å²) in [6.07, 6.45) is 0.859. The van der Waals surface area contributed by atoms with E-state index in [-0.39, 0.29) is 11.5 Å². The zero-order chi connectivity index (χ0) is 24.2. The number of rotatable bonds is 7. The standard InChI is InChI=1S/C28H29N3O2S/c1-5-12-29-26(32)22-10-11-24-25(16-22)30-28(34-17-21-8-6-18(2)7-9-21)31(27(24)33)23-14-19(3)13-20(4)15-23/h6-11,13-16H,5,12,17H2,1-4H3,(H,29,32). The summed E-state index contributed by atoms with van der Waals surface area (Å²) >= 11 is 1.52. The van der Waals surface area contributed by atoms with Crippen molar-refractivity contribution in [3.05, 3.63) is 98.8 Å². The molecule has 0 aliphatic rings. The van der Waals surface area contributed by atoms with Crippen LogP contribution < -0.4 is 10.9 Å². The van der Waals surface area contributed by atoms with Crippen LogP contribution in [0.1, 0.15) is 46.0 Å². The molecule has 5 nitrogen and oxygen atoms in total. The highest BCUT2D eigenvalue weighted by Crippen LogP contribution is 2.26. The third-order valence-corrected chi connectivity index (χ3v) is 6.60. The Morgan fingerprint density at radius 2 is 1.65 bits per heavy atom.